The summed E-state index contributed by atoms with van der Waals surface area (Å²) < 4.78 is 2.43. The maximum Gasteiger partial charge on any atom is 0.162 e. The molecule has 2 aliphatic rings. The van der Waals surface area contributed by atoms with Crippen LogP contribution in [0.1, 0.15) is 146 Å². The standard InChI is InChI=1S/C43H47N2SSi.C17H32O2.Ir/c1-40(2)22-42(5,6)35-30(40)21-31-36(43(7,8)23-41(31,3)4)34(35)26-16-17-29-32(19-26)46-39-37(44-24-45-38(29)39)27-18-25-14-12-13-15-28(25)33(20-27)47(9,10)11;1-10(2)16(11(3)4)14(18)9-15(19)17(12(5)6)13(7)8;/h12-17,19-21,24H,22-23H2,1-11H3;9-13,16-18H,1-8H3;/q-1;;/b;14-9-;. The van der Waals surface area contributed by atoms with Gasteiger partial charge in [0.2, 0.25) is 0 Å². The number of rotatable bonds is 10. The van der Waals surface area contributed by atoms with E-state index in [0.717, 1.165) is 34.3 Å². The van der Waals surface area contributed by atoms with Crippen LogP contribution in [0.2, 0.25) is 19.6 Å². The molecule has 7 heteroatoms. The summed E-state index contributed by atoms with van der Waals surface area (Å²) >= 11 is 1.84. The van der Waals surface area contributed by atoms with E-state index in [1.54, 1.807) is 28.6 Å². The Balaban J connectivity index is 0.000000316. The number of thiophene rings is 1. The van der Waals surface area contributed by atoms with Crippen LogP contribution in [-0.2, 0) is 46.6 Å². The van der Waals surface area contributed by atoms with E-state index in [-0.39, 0.29) is 65.1 Å². The van der Waals surface area contributed by atoms with Gasteiger partial charge >= 0.3 is 0 Å². The van der Waals surface area contributed by atoms with Gasteiger partial charge in [0.1, 0.15) is 6.33 Å². The summed E-state index contributed by atoms with van der Waals surface area (Å²) in [4.78, 5) is 22.2. The Morgan fingerprint density at radius 1 is 0.701 bits per heavy atom. The van der Waals surface area contributed by atoms with Crippen LogP contribution in [0.3, 0.4) is 0 Å². The van der Waals surface area contributed by atoms with Gasteiger partial charge in [-0.3, -0.25) is 9.78 Å². The summed E-state index contributed by atoms with van der Waals surface area (Å²) in [6.45, 7) is 43.6. The average Bonchev–Trinajstić information content (AvgIpc) is 3.72. The quantitative estimate of drug-likeness (QED) is 0.0643. The van der Waals surface area contributed by atoms with E-state index < -0.39 is 8.07 Å². The zero-order valence-electron chi connectivity index (χ0n) is 44.2. The average molecular weight is 1110 g/mol. The Hall–Kier alpha value is -3.48. The molecule has 0 amide bonds. The summed E-state index contributed by atoms with van der Waals surface area (Å²) in [5.74, 6) is 1.63. The topological polar surface area (TPSA) is 63.1 Å². The summed E-state index contributed by atoms with van der Waals surface area (Å²) in [5.41, 5.74) is 12.7. The van der Waals surface area contributed by atoms with Crippen molar-refractivity contribution in [1.82, 2.24) is 9.97 Å². The summed E-state index contributed by atoms with van der Waals surface area (Å²) in [6, 6.07) is 24.7. The van der Waals surface area contributed by atoms with Gasteiger partial charge in [-0.25, -0.2) is 4.98 Å². The molecule has 0 bridgehead atoms. The van der Waals surface area contributed by atoms with Crippen LogP contribution < -0.4 is 5.19 Å². The van der Waals surface area contributed by atoms with Crippen LogP contribution >= 0.6 is 11.3 Å². The molecule has 6 aromatic rings. The first-order valence-electron chi connectivity index (χ1n) is 24.8. The number of allylic oxidation sites excluding steroid dienone is 2. The fourth-order valence-corrected chi connectivity index (χ4v) is 15.9. The maximum atomic E-state index is 12.3. The molecule has 2 heterocycles. The molecular formula is C60H79IrN2O2SSi-. The Kier molecular flexibility index (Phi) is 14.7. The Morgan fingerprint density at radius 2 is 1.24 bits per heavy atom. The van der Waals surface area contributed by atoms with E-state index in [1.165, 1.54) is 43.2 Å². The predicted molar refractivity (Wildman–Crippen MR) is 289 cm³/mol. The molecule has 1 N–H and O–H groups in total. The first kappa shape index (κ1) is 52.9. The van der Waals surface area contributed by atoms with Gasteiger partial charge < -0.3 is 5.11 Å². The number of aliphatic hydroxyl groups excluding tert-OH is 1. The molecule has 2 aliphatic carbocycles. The maximum absolute atomic E-state index is 12.3. The third-order valence-corrected chi connectivity index (χ3v) is 18.3. The number of benzene rings is 4. The molecule has 0 aliphatic heterocycles. The van der Waals surface area contributed by atoms with Gasteiger partial charge in [-0.15, -0.1) is 40.1 Å². The normalized spacial score (nSPS) is 17.2. The fraction of sp³-hybridized carbons (Fsp3) is 0.517. The zero-order chi connectivity index (χ0) is 48.8. The molecule has 4 nitrogen and oxygen atoms in total. The molecule has 0 spiro atoms. The van der Waals surface area contributed by atoms with Crippen molar-refractivity contribution in [2.24, 2.45) is 35.5 Å². The van der Waals surface area contributed by atoms with Crippen LogP contribution in [0.4, 0.5) is 0 Å². The molecule has 1 radical (unpaired) electrons. The molecule has 0 fully saturated rings. The van der Waals surface area contributed by atoms with E-state index in [0.29, 0.717) is 23.7 Å². The van der Waals surface area contributed by atoms with Gasteiger partial charge in [-0.1, -0.05) is 178 Å². The number of fused-ring (bicyclic) bond motifs is 6. The van der Waals surface area contributed by atoms with Gasteiger partial charge in [-0.05, 0) is 97.6 Å². The van der Waals surface area contributed by atoms with Crippen LogP contribution in [0, 0.1) is 41.6 Å². The van der Waals surface area contributed by atoms with Crippen LogP contribution in [0.5, 0.6) is 0 Å². The zero-order valence-corrected chi connectivity index (χ0v) is 48.4. The predicted octanol–water partition coefficient (Wildman–Crippen LogP) is 16.4. The summed E-state index contributed by atoms with van der Waals surface area (Å²) in [7, 11) is -1.63. The molecule has 0 unspecified atom stereocenters. The van der Waals surface area contributed by atoms with E-state index in [2.05, 4.69) is 191 Å². The number of hydrogen-bond acceptors (Lipinski definition) is 5. The number of hydrogen-bond donors (Lipinski definition) is 1. The minimum Gasteiger partial charge on any atom is -0.512 e. The molecule has 0 atom stereocenters. The van der Waals surface area contributed by atoms with Crippen molar-refractivity contribution in [3.8, 4) is 22.4 Å². The first-order valence-corrected chi connectivity index (χ1v) is 29.1. The van der Waals surface area contributed by atoms with E-state index in [9.17, 15) is 9.90 Å². The molecular weight excluding hydrogens is 1030 g/mol. The first-order chi connectivity index (χ1) is 30.5. The number of nitrogens with zero attached hydrogens (tertiary/aromatic N) is 2. The van der Waals surface area contributed by atoms with Crippen molar-refractivity contribution in [3.63, 3.8) is 0 Å². The van der Waals surface area contributed by atoms with Crippen molar-refractivity contribution in [1.29, 1.82) is 0 Å². The van der Waals surface area contributed by atoms with Gasteiger partial charge in [0.05, 0.1) is 19.3 Å². The third kappa shape index (κ3) is 9.84. The largest absolute Gasteiger partial charge is 0.512 e. The van der Waals surface area contributed by atoms with Gasteiger partial charge in [-0.2, -0.15) is 0 Å². The van der Waals surface area contributed by atoms with Crippen LogP contribution in [0.15, 0.2) is 72.8 Å². The molecule has 0 saturated carbocycles. The molecule has 0 saturated heterocycles. The minimum absolute atomic E-state index is 0. The van der Waals surface area contributed by atoms with Crippen LogP contribution in [0.25, 0.3) is 53.5 Å². The van der Waals surface area contributed by atoms with E-state index in [1.807, 2.05) is 11.3 Å². The number of aromatic nitrogens is 2. The summed E-state index contributed by atoms with van der Waals surface area (Å²) in [6.07, 6.45) is 5.56. The number of ketones is 1. The Bertz CT molecular complexity index is 2800. The second-order valence-corrected chi connectivity index (χ2v) is 31.2. The molecule has 4 aromatic carbocycles. The van der Waals surface area contributed by atoms with Crippen molar-refractivity contribution in [3.05, 3.63) is 101 Å². The van der Waals surface area contributed by atoms with Crippen molar-refractivity contribution in [2.75, 3.05) is 0 Å². The van der Waals surface area contributed by atoms with Gasteiger partial charge in [0, 0.05) is 58.5 Å². The van der Waals surface area contributed by atoms with Gasteiger partial charge in [0.25, 0.3) is 0 Å². The molecule has 2 aromatic heterocycles. The van der Waals surface area contributed by atoms with E-state index in [4.69, 9.17) is 9.97 Å². The smallest absolute Gasteiger partial charge is 0.162 e. The molecule has 8 rings (SSSR count). The Morgan fingerprint density at radius 3 is 1.76 bits per heavy atom. The number of aliphatic hydroxyl groups is 1. The van der Waals surface area contributed by atoms with E-state index >= 15 is 0 Å². The van der Waals surface area contributed by atoms with Crippen LogP contribution in [-0.4, -0.2) is 28.9 Å². The van der Waals surface area contributed by atoms with Crippen molar-refractivity contribution >= 4 is 61.5 Å². The fourth-order valence-electron chi connectivity index (χ4n) is 13.1. The monoisotopic (exact) mass is 1110 g/mol. The second-order valence-electron chi connectivity index (χ2n) is 25.1. The second kappa shape index (κ2) is 18.7. The third-order valence-electron chi connectivity index (χ3n) is 15.1. The number of carbonyl (C=O) groups is 1. The number of carbonyl (C=O) groups excluding carboxylic acids is 1. The van der Waals surface area contributed by atoms with Crippen molar-refractivity contribution < 1.29 is 30.0 Å². The van der Waals surface area contributed by atoms with Crippen molar-refractivity contribution in [2.45, 2.75) is 165 Å². The Labute approximate surface area is 422 Å². The SMILES string of the molecule is CC(C)C(C(=O)/C=C(\O)C(C(C)C)C(C)C)C(C)C.CC1(C)CC(C)(C)c2c1cc1c(c2-c2ccc3c(c2)sc2c(-c4[c-]c5ccccc5c([Si](C)(C)C)c4)ncnc23)C(C)(C)CC1(C)C.[Ir]. The summed E-state index contributed by atoms with van der Waals surface area (Å²) in [5, 5.41) is 15.4. The molecule has 361 valence electrons. The minimum atomic E-state index is -1.63. The molecule has 67 heavy (non-hydrogen) atoms. The van der Waals surface area contributed by atoms with Gasteiger partial charge in [0.15, 0.2) is 5.78 Å².